The average molecular weight is 248 g/mol. The molecule has 0 fully saturated rings. The van der Waals surface area contributed by atoms with E-state index in [4.69, 9.17) is 0 Å². The van der Waals surface area contributed by atoms with Gasteiger partial charge in [-0.05, 0) is 39.3 Å². The molecule has 1 aromatic rings. The van der Waals surface area contributed by atoms with E-state index in [2.05, 4.69) is 70.0 Å². The summed E-state index contributed by atoms with van der Waals surface area (Å²) in [7, 11) is 0. The number of nitrogens with zero attached hydrogens (tertiary/aromatic N) is 1. The molecule has 2 nitrogen and oxygen atoms in total. The zero-order valence-electron chi connectivity index (χ0n) is 12.7. The molecule has 0 saturated carbocycles. The Bertz CT molecular complexity index is 369. The summed E-state index contributed by atoms with van der Waals surface area (Å²) < 4.78 is 0. The van der Waals surface area contributed by atoms with Crippen LogP contribution in [0.4, 0.5) is 5.69 Å². The van der Waals surface area contributed by atoms with Crippen molar-refractivity contribution in [3.05, 3.63) is 29.3 Å². The summed E-state index contributed by atoms with van der Waals surface area (Å²) in [4.78, 5) is 2.46. The molecule has 0 aliphatic rings. The van der Waals surface area contributed by atoms with Crippen LogP contribution in [0.3, 0.4) is 0 Å². The lowest BCUT2D eigenvalue weighted by molar-refractivity contribution is 0.586. The van der Waals surface area contributed by atoms with Gasteiger partial charge in [0.15, 0.2) is 0 Å². The van der Waals surface area contributed by atoms with Crippen LogP contribution in [0.1, 0.15) is 45.7 Å². The molecule has 18 heavy (non-hydrogen) atoms. The maximum atomic E-state index is 3.52. The molecule has 0 unspecified atom stereocenters. The molecule has 0 bridgehead atoms. The number of aryl methyl sites for hydroxylation is 1. The summed E-state index contributed by atoms with van der Waals surface area (Å²) in [5.41, 5.74) is 4.10. The summed E-state index contributed by atoms with van der Waals surface area (Å²) >= 11 is 0. The van der Waals surface area contributed by atoms with Gasteiger partial charge < -0.3 is 10.2 Å². The molecular weight excluding hydrogens is 220 g/mol. The van der Waals surface area contributed by atoms with E-state index in [9.17, 15) is 0 Å². The Morgan fingerprint density at radius 1 is 1.17 bits per heavy atom. The van der Waals surface area contributed by atoms with Crippen LogP contribution in [0.25, 0.3) is 0 Å². The van der Waals surface area contributed by atoms with Gasteiger partial charge in [-0.2, -0.15) is 0 Å². The van der Waals surface area contributed by atoms with Crippen molar-refractivity contribution in [2.75, 3.05) is 11.4 Å². The predicted octanol–water partition coefficient (Wildman–Crippen LogP) is 3.73. The van der Waals surface area contributed by atoms with Gasteiger partial charge in [0.2, 0.25) is 0 Å². The van der Waals surface area contributed by atoms with Gasteiger partial charge in [0.05, 0.1) is 0 Å². The zero-order chi connectivity index (χ0) is 13.7. The number of hydrogen-bond donors (Lipinski definition) is 1. The summed E-state index contributed by atoms with van der Waals surface area (Å²) in [5, 5.41) is 3.52. The minimum atomic E-state index is 0.521. The summed E-state index contributed by atoms with van der Waals surface area (Å²) in [6.45, 7) is 15.3. The van der Waals surface area contributed by atoms with E-state index in [1.54, 1.807) is 0 Å². The van der Waals surface area contributed by atoms with Crippen molar-refractivity contribution in [2.45, 2.75) is 60.2 Å². The SMILES string of the molecule is CCN(c1ccc(C)cc1CNC(C)C)C(C)C. The lowest BCUT2D eigenvalue weighted by Gasteiger charge is -2.30. The van der Waals surface area contributed by atoms with Gasteiger partial charge >= 0.3 is 0 Å². The Kier molecular flexibility index (Phi) is 5.67. The second-order valence-corrected chi connectivity index (χ2v) is 5.55. The van der Waals surface area contributed by atoms with Gasteiger partial charge in [0, 0.05) is 30.9 Å². The molecule has 1 aromatic carbocycles. The van der Waals surface area contributed by atoms with Crippen molar-refractivity contribution < 1.29 is 0 Å². The standard InChI is InChI=1S/C16H28N2/c1-7-18(13(4)5)16-9-8-14(6)10-15(16)11-17-12(2)3/h8-10,12-13,17H,7,11H2,1-6H3. The molecule has 2 heteroatoms. The first-order valence-corrected chi connectivity index (χ1v) is 7.05. The van der Waals surface area contributed by atoms with Crippen LogP contribution >= 0.6 is 0 Å². The smallest absolute Gasteiger partial charge is 0.0414 e. The van der Waals surface area contributed by atoms with Gasteiger partial charge in [0.25, 0.3) is 0 Å². The lowest BCUT2D eigenvalue weighted by atomic mass is 10.1. The van der Waals surface area contributed by atoms with Gasteiger partial charge in [-0.25, -0.2) is 0 Å². The average Bonchev–Trinajstić information content (AvgIpc) is 2.29. The molecule has 0 amide bonds. The maximum Gasteiger partial charge on any atom is 0.0414 e. The Hall–Kier alpha value is -1.02. The van der Waals surface area contributed by atoms with E-state index in [0.717, 1.165) is 13.1 Å². The Morgan fingerprint density at radius 2 is 1.83 bits per heavy atom. The van der Waals surface area contributed by atoms with Crippen LogP contribution < -0.4 is 10.2 Å². The maximum absolute atomic E-state index is 3.52. The Morgan fingerprint density at radius 3 is 2.33 bits per heavy atom. The van der Waals surface area contributed by atoms with Gasteiger partial charge in [0.1, 0.15) is 0 Å². The van der Waals surface area contributed by atoms with Crippen molar-refractivity contribution in [1.29, 1.82) is 0 Å². The molecule has 0 aliphatic carbocycles. The van der Waals surface area contributed by atoms with Gasteiger partial charge in [-0.3, -0.25) is 0 Å². The first-order chi connectivity index (χ1) is 8.45. The van der Waals surface area contributed by atoms with Gasteiger partial charge in [-0.1, -0.05) is 31.5 Å². The summed E-state index contributed by atoms with van der Waals surface area (Å²) in [6, 6.07) is 7.83. The monoisotopic (exact) mass is 248 g/mol. The molecular formula is C16H28N2. The second-order valence-electron chi connectivity index (χ2n) is 5.55. The third-order valence-corrected chi connectivity index (χ3v) is 3.21. The minimum absolute atomic E-state index is 0.521. The number of hydrogen-bond acceptors (Lipinski definition) is 2. The second kappa shape index (κ2) is 6.79. The molecule has 0 aliphatic heterocycles. The highest BCUT2D eigenvalue weighted by Gasteiger charge is 2.12. The minimum Gasteiger partial charge on any atom is -0.369 e. The highest BCUT2D eigenvalue weighted by Crippen LogP contribution is 2.24. The van der Waals surface area contributed by atoms with Crippen molar-refractivity contribution >= 4 is 5.69 Å². The molecule has 0 saturated heterocycles. The molecule has 1 N–H and O–H groups in total. The molecule has 0 heterocycles. The number of benzene rings is 1. The lowest BCUT2D eigenvalue weighted by Crippen LogP contribution is -2.32. The number of rotatable bonds is 6. The normalized spacial score (nSPS) is 11.3. The fourth-order valence-electron chi connectivity index (χ4n) is 2.26. The van der Waals surface area contributed by atoms with Crippen LogP contribution in [-0.2, 0) is 6.54 Å². The third kappa shape index (κ3) is 4.02. The highest BCUT2D eigenvalue weighted by atomic mass is 15.1. The predicted molar refractivity (Wildman–Crippen MR) is 81.3 cm³/mol. The first-order valence-electron chi connectivity index (χ1n) is 7.05. The summed E-state index contributed by atoms with van der Waals surface area (Å²) in [5.74, 6) is 0. The van der Waals surface area contributed by atoms with Crippen LogP contribution in [0.15, 0.2) is 18.2 Å². The van der Waals surface area contributed by atoms with Crippen LogP contribution in [-0.4, -0.2) is 18.6 Å². The van der Waals surface area contributed by atoms with E-state index in [-0.39, 0.29) is 0 Å². The first kappa shape index (κ1) is 15.0. The number of anilines is 1. The van der Waals surface area contributed by atoms with E-state index in [0.29, 0.717) is 12.1 Å². The van der Waals surface area contributed by atoms with Crippen molar-refractivity contribution in [1.82, 2.24) is 5.32 Å². The van der Waals surface area contributed by atoms with Crippen LogP contribution in [0.2, 0.25) is 0 Å². The largest absolute Gasteiger partial charge is 0.369 e. The quantitative estimate of drug-likeness (QED) is 0.825. The fraction of sp³-hybridized carbons (Fsp3) is 0.625. The van der Waals surface area contributed by atoms with Crippen molar-refractivity contribution in [3.63, 3.8) is 0 Å². The third-order valence-electron chi connectivity index (χ3n) is 3.21. The van der Waals surface area contributed by atoms with Crippen molar-refractivity contribution in [2.24, 2.45) is 0 Å². The fourth-order valence-corrected chi connectivity index (χ4v) is 2.26. The summed E-state index contributed by atoms with van der Waals surface area (Å²) in [6.07, 6.45) is 0. The molecule has 0 aromatic heterocycles. The Labute approximate surface area is 112 Å². The molecule has 0 radical (unpaired) electrons. The van der Waals surface area contributed by atoms with E-state index < -0.39 is 0 Å². The van der Waals surface area contributed by atoms with Crippen LogP contribution in [0.5, 0.6) is 0 Å². The van der Waals surface area contributed by atoms with Crippen molar-refractivity contribution in [3.8, 4) is 0 Å². The van der Waals surface area contributed by atoms with E-state index in [1.165, 1.54) is 16.8 Å². The molecule has 0 spiro atoms. The number of nitrogens with one attached hydrogen (secondary N) is 1. The molecule has 0 atom stereocenters. The van der Waals surface area contributed by atoms with Crippen LogP contribution in [0, 0.1) is 6.92 Å². The topological polar surface area (TPSA) is 15.3 Å². The zero-order valence-corrected chi connectivity index (χ0v) is 12.7. The Balaban J connectivity index is 3.01. The molecule has 102 valence electrons. The highest BCUT2D eigenvalue weighted by molar-refractivity contribution is 5.55. The van der Waals surface area contributed by atoms with Gasteiger partial charge in [-0.15, -0.1) is 0 Å². The van der Waals surface area contributed by atoms with E-state index >= 15 is 0 Å². The van der Waals surface area contributed by atoms with E-state index in [1.807, 2.05) is 0 Å². The molecule has 1 rings (SSSR count).